The lowest BCUT2D eigenvalue weighted by Gasteiger charge is -2.07. The van der Waals surface area contributed by atoms with E-state index in [1.807, 2.05) is 19.2 Å². The third kappa shape index (κ3) is 4.14. The Hall–Kier alpha value is -2.73. The molecule has 0 amide bonds. The zero-order chi connectivity index (χ0) is 16.1. The molecule has 0 unspecified atom stereocenters. The molecule has 0 aliphatic rings. The molecular formula is C17H17FN4O. The van der Waals surface area contributed by atoms with Gasteiger partial charge in [-0.25, -0.2) is 9.37 Å². The average molecular weight is 312 g/mol. The quantitative estimate of drug-likeness (QED) is 0.733. The van der Waals surface area contributed by atoms with Gasteiger partial charge in [-0.15, -0.1) is 0 Å². The molecule has 2 N–H and O–H groups in total. The van der Waals surface area contributed by atoms with E-state index in [-0.39, 0.29) is 5.82 Å². The maximum absolute atomic E-state index is 12.8. The van der Waals surface area contributed by atoms with Crippen LogP contribution < -0.4 is 10.1 Å². The summed E-state index contributed by atoms with van der Waals surface area (Å²) < 4.78 is 18.4. The standard InChI is InChI=1S/C17H17FN4O/c1-12-14(11-21-22-12)10-19-8-13-2-7-17(20-9-13)23-16-5-3-15(18)4-6-16/h2-7,9,11,19H,8,10H2,1H3,(H,21,22). The molecular weight excluding hydrogens is 295 g/mol. The largest absolute Gasteiger partial charge is 0.439 e. The van der Waals surface area contributed by atoms with Crippen molar-refractivity contribution < 1.29 is 9.13 Å². The van der Waals surface area contributed by atoms with Crippen molar-refractivity contribution in [3.8, 4) is 11.6 Å². The highest BCUT2D eigenvalue weighted by Gasteiger charge is 2.02. The van der Waals surface area contributed by atoms with Crippen LogP contribution in [0.1, 0.15) is 16.8 Å². The Morgan fingerprint density at radius 2 is 1.91 bits per heavy atom. The SMILES string of the molecule is Cc1[nH]ncc1CNCc1ccc(Oc2ccc(F)cc2)nc1. The number of ether oxygens (including phenoxy) is 1. The van der Waals surface area contributed by atoms with E-state index in [2.05, 4.69) is 20.5 Å². The third-order valence-electron chi connectivity index (χ3n) is 3.41. The molecule has 118 valence electrons. The minimum atomic E-state index is -0.292. The highest BCUT2D eigenvalue weighted by atomic mass is 19.1. The molecule has 0 saturated heterocycles. The van der Waals surface area contributed by atoms with Gasteiger partial charge in [0.25, 0.3) is 0 Å². The van der Waals surface area contributed by atoms with Crippen LogP contribution in [0.5, 0.6) is 11.6 Å². The van der Waals surface area contributed by atoms with Crippen LogP contribution in [0.15, 0.2) is 48.8 Å². The lowest BCUT2D eigenvalue weighted by Crippen LogP contribution is -2.13. The van der Waals surface area contributed by atoms with Crippen LogP contribution in [0.3, 0.4) is 0 Å². The van der Waals surface area contributed by atoms with Gasteiger partial charge in [-0.2, -0.15) is 5.10 Å². The van der Waals surface area contributed by atoms with E-state index < -0.39 is 0 Å². The van der Waals surface area contributed by atoms with Gasteiger partial charge in [0, 0.05) is 36.6 Å². The maximum Gasteiger partial charge on any atom is 0.219 e. The number of aromatic amines is 1. The highest BCUT2D eigenvalue weighted by Crippen LogP contribution is 2.19. The first-order chi connectivity index (χ1) is 11.2. The molecule has 0 atom stereocenters. The van der Waals surface area contributed by atoms with Gasteiger partial charge in [-0.05, 0) is 36.8 Å². The molecule has 0 radical (unpaired) electrons. The Kier molecular flexibility index (Phi) is 4.63. The Labute approximate surface area is 133 Å². The molecule has 6 heteroatoms. The molecule has 5 nitrogen and oxygen atoms in total. The number of rotatable bonds is 6. The zero-order valence-corrected chi connectivity index (χ0v) is 12.7. The van der Waals surface area contributed by atoms with Gasteiger partial charge in [0.05, 0.1) is 6.20 Å². The zero-order valence-electron chi connectivity index (χ0n) is 12.7. The van der Waals surface area contributed by atoms with Gasteiger partial charge in [0.1, 0.15) is 11.6 Å². The van der Waals surface area contributed by atoms with Gasteiger partial charge in [-0.1, -0.05) is 6.07 Å². The average Bonchev–Trinajstić information content (AvgIpc) is 2.97. The van der Waals surface area contributed by atoms with E-state index in [9.17, 15) is 4.39 Å². The number of pyridine rings is 1. The number of nitrogens with one attached hydrogen (secondary N) is 2. The van der Waals surface area contributed by atoms with Gasteiger partial charge in [0.15, 0.2) is 0 Å². The fourth-order valence-corrected chi connectivity index (χ4v) is 2.09. The van der Waals surface area contributed by atoms with Crippen LogP contribution in [0.4, 0.5) is 4.39 Å². The van der Waals surface area contributed by atoms with E-state index in [0.29, 0.717) is 18.2 Å². The van der Waals surface area contributed by atoms with Crippen LogP contribution in [-0.2, 0) is 13.1 Å². The molecule has 3 aromatic rings. The van der Waals surface area contributed by atoms with E-state index in [1.165, 1.54) is 12.1 Å². The summed E-state index contributed by atoms with van der Waals surface area (Å²) in [5, 5.41) is 10.2. The first kappa shape index (κ1) is 15.2. The number of halogens is 1. The summed E-state index contributed by atoms with van der Waals surface area (Å²) in [7, 11) is 0. The van der Waals surface area contributed by atoms with Crippen molar-refractivity contribution in [1.82, 2.24) is 20.5 Å². The number of hydrogen-bond acceptors (Lipinski definition) is 4. The maximum atomic E-state index is 12.8. The van der Waals surface area contributed by atoms with Crippen LogP contribution in [-0.4, -0.2) is 15.2 Å². The van der Waals surface area contributed by atoms with E-state index >= 15 is 0 Å². The first-order valence-electron chi connectivity index (χ1n) is 7.28. The Balaban J connectivity index is 1.52. The van der Waals surface area contributed by atoms with E-state index in [1.54, 1.807) is 24.4 Å². The number of nitrogens with zero attached hydrogens (tertiary/aromatic N) is 2. The summed E-state index contributed by atoms with van der Waals surface area (Å²) in [6.07, 6.45) is 3.58. The van der Waals surface area contributed by atoms with E-state index in [0.717, 1.165) is 23.4 Å². The van der Waals surface area contributed by atoms with Gasteiger partial charge < -0.3 is 10.1 Å². The molecule has 0 saturated carbocycles. The van der Waals surface area contributed by atoms with Gasteiger partial charge in [-0.3, -0.25) is 5.10 Å². The topological polar surface area (TPSA) is 62.8 Å². The first-order valence-corrected chi connectivity index (χ1v) is 7.28. The van der Waals surface area contributed by atoms with Crippen molar-refractivity contribution in [2.45, 2.75) is 20.0 Å². The summed E-state index contributed by atoms with van der Waals surface area (Å²) in [4.78, 5) is 4.26. The summed E-state index contributed by atoms with van der Waals surface area (Å²) >= 11 is 0. The van der Waals surface area contributed by atoms with Crippen molar-refractivity contribution in [2.24, 2.45) is 0 Å². The van der Waals surface area contributed by atoms with Crippen LogP contribution >= 0.6 is 0 Å². The Bertz CT molecular complexity index is 753. The van der Waals surface area contributed by atoms with Crippen LogP contribution in [0.2, 0.25) is 0 Å². The molecule has 0 bridgehead atoms. The minimum Gasteiger partial charge on any atom is -0.439 e. The fraction of sp³-hybridized carbons (Fsp3) is 0.176. The monoisotopic (exact) mass is 312 g/mol. The second-order valence-electron chi connectivity index (χ2n) is 5.18. The fourth-order valence-electron chi connectivity index (χ4n) is 2.09. The number of benzene rings is 1. The predicted molar refractivity (Wildman–Crippen MR) is 84.6 cm³/mol. The smallest absolute Gasteiger partial charge is 0.219 e. The molecule has 3 rings (SSSR count). The highest BCUT2D eigenvalue weighted by molar-refractivity contribution is 5.28. The lowest BCUT2D eigenvalue weighted by molar-refractivity contribution is 0.460. The van der Waals surface area contributed by atoms with Crippen molar-refractivity contribution in [1.29, 1.82) is 0 Å². The van der Waals surface area contributed by atoms with Crippen LogP contribution in [0.25, 0.3) is 0 Å². The van der Waals surface area contributed by atoms with Gasteiger partial charge in [0.2, 0.25) is 5.88 Å². The van der Waals surface area contributed by atoms with Crippen molar-refractivity contribution in [2.75, 3.05) is 0 Å². The van der Waals surface area contributed by atoms with Gasteiger partial charge >= 0.3 is 0 Å². The molecule has 2 aromatic heterocycles. The van der Waals surface area contributed by atoms with Crippen LogP contribution in [0, 0.1) is 12.7 Å². The Morgan fingerprint density at radius 1 is 1.09 bits per heavy atom. The number of H-pyrrole nitrogens is 1. The second-order valence-corrected chi connectivity index (χ2v) is 5.18. The molecule has 1 aromatic carbocycles. The number of aryl methyl sites for hydroxylation is 1. The number of hydrogen-bond donors (Lipinski definition) is 2. The minimum absolute atomic E-state index is 0.292. The number of aromatic nitrogens is 3. The molecule has 0 aliphatic heterocycles. The summed E-state index contributed by atoms with van der Waals surface area (Å²) in [6, 6.07) is 9.58. The summed E-state index contributed by atoms with van der Waals surface area (Å²) in [5.74, 6) is 0.742. The molecule has 0 spiro atoms. The molecule has 0 fully saturated rings. The van der Waals surface area contributed by atoms with E-state index in [4.69, 9.17) is 4.74 Å². The second kappa shape index (κ2) is 7.02. The van der Waals surface area contributed by atoms with Crippen molar-refractivity contribution in [3.63, 3.8) is 0 Å². The molecule has 0 aliphatic carbocycles. The molecule has 2 heterocycles. The summed E-state index contributed by atoms with van der Waals surface area (Å²) in [6.45, 7) is 3.44. The Morgan fingerprint density at radius 3 is 2.57 bits per heavy atom. The summed E-state index contributed by atoms with van der Waals surface area (Å²) in [5.41, 5.74) is 3.27. The third-order valence-corrected chi connectivity index (χ3v) is 3.41. The van der Waals surface area contributed by atoms with Crippen molar-refractivity contribution in [3.05, 3.63) is 71.4 Å². The predicted octanol–water partition coefficient (Wildman–Crippen LogP) is 3.33. The normalized spacial score (nSPS) is 10.7. The molecule has 23 heavy (non-hydrogen) atoms. The van der Waals surface area contributed by atoms with Crippen molar-refractivity contribution >= 4 is 0 Å². The lowest BCUT2D eigenvalue weighted by atomic mass is 10.2.